The third-order valence-corrected chi connectivity index (χ3v) is 5.87. The monoisotopic (exact) mass is 496 g/mol. The van der Waals surface area contributed by atoms with Gasteiger partial charge in [-0.1, -0.05) is 36.4 Å². The van der Waals surface area contributed by atoms with Crippen LogP contribution in [0.5, 0.6) is 11.5 Å². The van der Waals surface area contributed by atoms with Gasteiger partial charge in [-0.25, -0.2) is 10.4 Å². The van der Waals surface area contributed by atoms with Gasteiger partial charge in [-0.3, -0.25) is 9.59 Å². The lowest BCUT2D eigenvalue weighted by molar-refractivity contribution is -0.286. The number of para-hydroxylation sites is 1. The maximum atomic E-state index is 13.9. The lowest BCUT2D eigenvalue weighted by Gasteiger charge is -2.34. The number of anilines is 1. The molecule has 3 N–H and O–H groups in total. The van der Waals surface area contributed by atoms with Gasteiger partial charge in [-0.2, -0.15) is 13.2 Å². The molecular formula is C22H17F5N4O4. The zero-order valence-electron chi connectivity index (χ0n) is 17.8. The number of hydrogen-bond acceptors (Lipinski definition) is 6. The number of hydrazine groups is 1. The van der Waals surface area contributed by atoms with E-state index in [2.05, 4.69) is 25.5 Å². The van der Waals surface area contributed by atoms with Gasteiger partial charge < -0.3 is 20.1 Å². The second-order valence-corrected chi connectivity index (χ2v) is 8.10. The summed E-state index contributed by atoms with van der Waals surface area (Å²) in [7, 11) is 0. The van der Waals surface area contributed by atoms with Crippen molar-refractivity contribution < 1.29 is 41.0 Å². The summed E-state index contributed by atoms with van der Waals surface area (Å²) in [4.78, 5) is 26.2. The van der Waals surface area contributed by atoms with Gasteiger partial charge in [0, 0.05) is 5.70 Å². The van der Waals surface area contributed by atoms with Crippen LogP contribution in [-0.4, -0.2) is 41.5 Å². The zero-order chi connectivity index (χ0) is 25.1. The predicted molar refractivity (Wildman–Crippen MR) is 110 cm³/mol. The molecule has 5 rings (SSSR count). The fourth-order valence-corrected chi connectivity index (χ4v) is 4.41. The van der Waals surface area contributed by atoms with Crippen LogP contribution in [0.3, 0.4) is 0 Å². The number of carbonyl (C=O) groups excluding carboxylic acids is 2. The van der Waals surface area contributed by atoms with Crippen molar-refractivity contribution in [2.24, 2.45) is 0 Å². The van der Waals surface area contributed by atoms with Crippen LogP contribution in [0.1, 0.15) is 18.4 Å². The Morgan fingerprint density at radius 2 is 1.80 bits per heavy atom. The van der Waals surface area contributed by atoms with Gasteiger partial charge in [-0.05, 0) is 24.6 Å². The van der Waals surface area contributed by atoms with Gasteiger partial charge >= 0.3 is 12.5 Å². The minimum atomic E-state index is -4.71. The fourth-order valence-electron chi connectivity index (χ4n) is 4.41. The third-order valence-electron chi connectivity index (χ3n) is 5.87. The second kappa shape index (κ2) is 7.83. The molecule has 0 aliphatic carbocycles. The molecule has 2 aromatic rings. The van der Waals surface area contributed by atoms with Crippen LogP contribution in [0.25, 0.3) is 0 Å². The summed E-state index contributed by atoms with van der Waals surface area (Å²) >= 11 is 0. The van der Waals surface area contributed by atoms with Crippen molar-refractivity contribution in [3.05, 3.63) is 65.4 Å². The maximum absolute atomic E-state index is 13.9. The van der Waals surface area contributed by atoms with Crippen molar-refractivity contribution in [1.82, 2.24) is 15.8 Å². The van der Waals surface area contributed by atoms with Crippen LogP contribution in [-0.2, 0) is 9.59 Å². The van der Waals surface area contributed by atoms with Gasteiger partial charge in [0.1, 0.15) is 17.8 Å². The molecule has 2 aromatic carbocycles. The van der Waals surface area contributed by atoms with Crippen LogP contribution in [0.4, 0.5) is 27.6 Å². The van der Waals surface area contributed by atoms with Crippen LogP contribution < -0.4 is 25.5 Å². The summed E-state index contributed by atoms with van der Waals surface area (Å²) in [5.74, 6) is -4.01. The Hall–Kier alpha value is -3.87. The summed E-state index contributed by atoms with van der Waals surface area (Å²) in [6, 6.07) is 9.54. The molecule has 0 radical (unpaired) electrons. The summed E-state index contributed by atoms with van der Waals surface area (Å²) in [5, 5.41) is 5.87. The summed E-state index contributed by atoms with van der Waals surface area (Å²) in [6.07, 6.45) is -9.78. The number of alkyl halides is 5. The van der Waals surface area contributed by atoms with Gasteiger partial charge in [-0.15, -0.1) is 8.78 Å². The van der Waals surface area contributed by atoms with Crippen molar-refractivity contribution in [3.8, 4) is 11.5 Å². The van der Waals surface area contributed by atoms with Crippen molar-refractivity contribution >= 4 is 17.5 Å². The van der Waals surface area contributed by atoms with Gasteiger partial charge in [0.2, 0.25) is 0 Å². The highest BCUT2D eigenvalue weighted by Gasteiger charge is 2.58. The third kappa shape index (κ3) is 3.91. The molecule has 3 heterocycles. The molecule has 35 heavy (non-hydrogen) atoms. The van der Waals surface area contributed by atoms with Crippen LogP contribution in [0.15, 0.2) is 59.8 Å². The molecule has 1 fully saturated rings. The molecule has 0 spiro atoms. The Labute approximate surface area is 194 Å². The van der Waals surface area contributed by atoms with Crippen molar-refractivity contribution in [1.29, 1.82) is 0 Å². The standard InChI is InChI=1S/C22H17F5N4O4/c1-10-14(19(32)29-12-8-5-9-13-16(12)35-22(26,27)34-13)20(33)31-18(28-10)15(11-6-3-2-4-7-11)17(30-31)21(23,24)25/h2-9,15,17-18,28,30H,1H3,(H,29,32). The average Bonchev–Trinajstić information content (AvgIpc) is 3.31. The summed E-state index contributed by atoms with van der Waals surface area (Å²) < 4.78 is 77.3. The smallest absolute Gasteiger partial charge is 0.395 e. The molecular weight excluding hydrogens is 479 g/mol. The highest BCUT2D eigenvalue weighted by molar-refractivity contribution is 6.23. The van der Waals surface area contributed by atoms with E-state index in [1.807, 2.05) is 0 Å². The Kier molecular flexibility index (Phi) is 5.13. The Balaban J connectivity index is 1.45. The lowest BCUT2D eigenvalue weighted by Crippen LogP contribution is -2.56. The van der Waals surface area contributed by atoms with Crippen molar-refractivity contribution in [2.45, 2.75) is 37.5 Å². The van der Waals surface area contributed by atoms with Crippen molar-refractivity contribution in [3.63, 3.8) is 0 Å². The van der Waals surface area contributed by atoms with E-state index in [0.717, 1.165) is 5.01 Å². The summed E-state index contributed by atoms with van der Waals surface area (Å²) in [6.45, 7) is 1.37. The predicted octanol–water partition coefficient (Wildman–Crippen LogP) is 3.21. The van der Waals surface area contributed by atoms with Crippen LogP contribution in [0, 0.1) is 0 Å². The largest absolute Gasteiger partial charge is 0.586 e. The fraction of sp³-hybridized carbons (Fsp3) is 0.273. The molecule has 3 aliphatic rings. The van der Waals surface area contributed by atoms with Crippen molar-refractivity contribution in [2.75, 3.05) is 5.32 Å². The number of nitrogens with zero attached hydrogens (tertiary/aromatic N) is 1. The first-order valence-corrected chi connectivity index (χ1v) is 10.4. The van der Waals surface area contributed by atoms with E-state index in [0.29, 0.717) is 5.56 Å². The number of halogens is 5. The van der Waals surface area contributed by atoms with Gasteiger partial charge in [0.05, 0.1) is 11.6 Å². The molecule has 0 saturated carbocycles. The molecule has 2 amide bonds. The zero-order valence-corrected chi connectivity index (χ0v) is 17.8. The molecule has 1 saturated heterocycles. The van der Waals surface area contributed by atoms with Gasteiger partial charge in [0.25, 0.3) is 11.8 Å². The molecule has 8 nitrogen and oxygen atoms in total. The molecule has 3 unspecified atom stereocenters. The number of carbonyl (C=O) groups is 2. The van der Waals surface area contributed by atoms with E-state index < -0.39 is 53.7 Å². The Bertz CT molecular complexity index is 1230. The van der Waals surface area contributed by atoms with Gasteiger partial charge in [0.15, 0.2) is 11.5 Å². The molecule has 0 bridgehead atoms. The first-order chi connectivity index (χ1) is 16.5. The van der Waals surface area contributed by atoms with E-state index in [4.69, 9.17) is 0 Å². The first kappa shape index (κ1) is 22.9. The maximum Gasteiger partial charge on any atom is 0.586 e. The van der Waals surface area contributed by atoms with E-state index in [9.17, 15) is 31.5 Å². The average molecular weight is 496 g/mol. The normalized spacial score (nSPS) is 24.8. The van der Waals surface area contributed by atoms with E-state index in [1.165, 1.54) is 37.3 Å². The van der Waals surface area contributed by atoms with E-state index >= 15 is 0 Å². The second-order valence-electron chi connectivity index (χ2n) is 8.10. The highest BCUT2D eigenvalue weighted by Crippen LogP contribution is 2.46. The number of allylic oxidation sites excluding steroid dienone is 1. The van der Waals surface area contributed by atoms with Crippen LogP contribution >= 0.6 is 0 Å². The number of amides is 2. The topological polar surface area (TPSA) is 91.9 Å². The minimum Gasteiger partial charge on any atom is -0.395 e. The number of benzene rings is 2. The SMILES string of the molecule is CC1=C(C(=O)Nc2cccc3c2OC(F)(F)O3)C(=O)N2NC(C(F)(F)F)C(c3ccccc3)C2N1. The Morgan fingerprint density at radius 3 is 2.49 bits per heavy atom. The minimum absolute atomic E-state index is 0.0226. The molecule has 184 valence electrons. The molecule has 13 heteroatoms. The van der Waals surface area contributed by atoms with Crippen LogP contribution in [0.2, 0.25) is 0 Å². The first-order valence-electron chi connectivity index (χ1n) is 10.4. The number of hydrogen-bond donors (Lipinski definition) is 3. The highest BCUT2D eigenvalue weighted by atomic mass is 19.4. The van der Waals surface area contributed by atoms with E-state index in [-0.39, 0.29) is 17.1 Å². The number of rotatable bonds is 3. The quantitative estimate of drug-likeness (QED) is 0.447. The molecule has 3 aliphatic heterocycles. The lowest BCUT2D eigenvalue weighted by atomic mass is 9.89. The summed E-state index contributed by atoms with van der Waals surface area (Å²) in [5.41, 5.74) is 1.86. The molecule has 0 aromatic heterocycles. The Morgan fingerprint density at radius 1 is 1.09 bits per heavy atom. The van der Waals surface area contributed by atoms with E-state index in [1.54, 1.807) is 18.2 Å². The number of nitrogens with one attached hydrogen (secondary N) is 3. The number of ether oxygens (including phenoxy) is 2. The number of fused-ring (bicyclic) bond motifs is 2. The molecule has 3 atom stereocenters.